The standard InChI is InChI=1S/C20H20BrN5OS/c1-2-13(27)7-8-16-19-24-25-20(28)26(19)17-9-6-12(21)11-14(17)18(23-16)15-5-3-4-10-22-15/h3-6,9,11,16,22H,2,7-8,10H2,1H3,(H,25,28)/t16-/m0/s1. The molecule has 1 aromatic carbocycles. The molecule has 1 aromatic heterocycles. The number of ketones is 1. The Morgan fingerprint density at radius 3 is 3.04 bits per heavy atom. The summed E-state index contributed by atoms with van der Waals surface area (Å²) in [5.74, 6) is 0.958. The van der Waals surface area contributed by atoms with Crippen LogP contribution in [0.5, 0.6) is 0 Å². The average Bonchev–Trinajstić information content (AvgIpc) is 3.03. The molecule has 4 rings (SSSR count). The predicted molar refractivity (Wildman–Crippen MR) is 115 cm³/mol. The van der Waals surface area contributed by atoms with Crippen molar-refractivity contribution >= 4 is 39.6 Å². The van der Waals surface area contributed by atoms with E-state index in [4.69, 9.17) is 17.2 Å². The molecular formula is C20H20BrN5OS. The third-order valence-electron chi connectivity index (χ3n) is 4.89. The Balaban J connectivity index is 1.91. The first-order chi connectivity index (χ1) is 13.6. The highest BCUT2D eigenvalue weighted by molar-refractivity contribution is 9.10. The minimum Gasteiger partial charge on any atom is -0.380 e. The molecule has 0 saturated carbocycles. The second-order valence-corrected chi connectivity index (χ2v) is 8.00. The van der Waals surface area contributed by atoms with E-state index in [1.807, 2.05) is 41.8 Å². The number of rotatable bonds is 5. The van der Waals surface area contributed by atoms with Gasteiger partial charge in [-0.1, -0.05) is 35.0 Å². The molecule has 0 spiro atoms. The number of H-pyrrole nitrogens is 1. The molecule has 1 atom stereocenters. The molecule has 144 valence electrons. The van der Waals surface area contributed by atoms with E-state index in [-0.39, 0.29) is 11.8 Å². The summed E-state index contributed by atoms with van der Waals surface area (Å²) in [5.41, 5.74) is 3.70. The van der Waals surface area contributed by atoms with Crippen LogP contribution in [0, 0.1) is 4.77 Å². The van der Waals surface area contributed by atoms with Crippen LogP contribution in [0.15, 0.2) is 51.6 Å². The molecule has 8 heteroatoms. The van der Waals surface area contributed by atoms with Gasteiger partial charge in [0.25, 0.3) is 0 Å². The van der Waals surface area contributed by atoms with Gasteiger partial charge in [-0.3, -0.25) is 19.5 Å². The van der Waals surface area contributed by atoms with Gasteiger partial charge in [0.2, 0.25) is 0 Å². The summed E-state index contributed by atoms with van der Waals surface area (Å²) in [6.07, 6.45) is 7.69. The Morgan fingerprint density at radius 1 is 1.43 bits per heavy atom. The van der Waals surface area contributed by atoms with Crippen LogP contribution in [0.3, 0.4) is 0 Å². The molecule has 0 unspecified atom stereocenters. The number of carbonyl (C=O) groups is 1. The normalized spacial score (nSPS) is 17.7. The average molecular weight is 458 g/mol. The summed E-state index contributed by atoms with van der Waals surface area (Å²) in [4.78, 5) is 17.0. The van der Waals surface area contributed by atoms with Crippen molar-refractivity contribution in [2.45, 2.75) is 32.2 Å². The van der Waals surface area contributed by atoms with Crippen molar-refractivity contribution in [3.63, 3.8) is 0 Å². The zero-order chi connectivity index (χ0) is 19.7. The number of fused-ring (bicyclic) bond motifs is 3. The number of aromatic nitrogens is 3. The zero-order valence-electron chi connectivity index (χ0n) is 15.4. The van der Waals surface area contributed by atoms with Gasteiger partial charge in [0.1, 0.15) is 11.8 Å². The highest BCUT2D eigenvalue weighted by Crippen LogP contribution is 2.33. The number of dihydropyridines is 1. The molecule has 0 aliphatic carbocycles. The number of Topliss-reactive ketones (excluding diaryl/α,β-unsaturated/α-hetero) is 1. The molecule has 0 amide bonds. The quantitative estimate of drug-likeness (QED) is 0.654. The summed E-state index contributed by atoms with van der Waals surface area (Å²) in [6, 6.07) is 5.78. The molecule has 2 N–H and O–H groups in total. The Bertz CT molecular complexity index is 1080. The lowest BCUT2D eigenvalue weighted by atomic mass is 10.0. The Labute approximate surface area is 176 Å². The van der Waals surface area contributed by atoms with Crippen LogP contribution in [-0.4, -0.2) is 32.8 Å². The van der Waals surface area contributed by atoms with Gasteiger partial charge in [-0.2, -0.15) is 5.10 Å². The van der Waals surface area contributed by atoms with Gasteiger partial charge in [-0.25, -0.2) is 0 Å². The SMILES string of the molecule is CCC(=O)CC[C@@H]1N=C(C2=CC=CCN2)c2cc(Br)ccc2-n2c1n[nH]c2=S. The highest BCUT2D eigenvalue weighted by Gasteiger charge is 2.28. The maximum Gasteiger partial charge on any atom is 0.199 e. The lowest BCUT2D eigenvalue weighted by Crippen LogP contribution is -2.24. The van der Waals surface area contributed by atoms with E-state index in [2.05, 4.69) is 37.5 Å². The lowest BCUT2D eigenvalue weighted by Gasteiger charge is -2.17. The number of hydrogen-bond acceptors (Lipinski definition) is 5. The van der Waals surface area contributed by atoms with Crippen LogP contribution in [0.2, 0.25) is 0 Å². The van der Waals surface area contributed by atoms with Gasteiger partial charge in [-0.15, -0.1) is 0 Å². The summed E-state index contributed by atoms with van der Waals surface area (Å²) >= 11 is 9.10. The van der Waals surface area contributed by atoms with Crippen molar-refractivity contribution in [3.8, 4) is 5.69 Å². The maximum atomic E-state index is 12.0. The number of halogens is 1. The van der Waals surface area contributed by atoms with Crippen molar-refractivity contribution in [1.82, 2.24) is 20.1 Å². The van der Waals surface area contributed by atoms with E-state index in [1.165, 1.54) is 0 Å². The molecule has 0 fully saturated rings. The fourth-order valence-corrected chi connectivity index (χ4v) is 4.05. The van der Waals surface area contributed by atoms with Crippen LogP contribution >= 0.6 is 28.1 Å². The van der Waals surface area contributed by atoms with Crippen LogP contribution in [0.1, 0.15) is 43.6 Å². The lowest BCUT2D eigenvalue weighted by molar-refractivity contribution is -0.118. The molecule has 2 aliphatic heterocycles. The van der Waals surface area contributed by atoms with E-state index in [1.54, 1.807) is 0 Å². The molecule has 28 heavy (non-hydrogen) atoms. The number of benzene rings is 1. The predicted octanol–water partition coefficient (Wildman–Crippen LogP) is 4.34. The van der Waals surface area contributed by atoms with E-state index in [9.17, 15) is 4.79 Å². The number of carbonyl (C=O) groups excluding carboxylic acids is 1. The Morgan fingerprint density at radius 2 is 2.29 bits per heavy atom. The van der Waals surface area contributed by atoms with Gasteiger partial charge < -0.3 is 5.32 Å². The van der Waals surface area contributed by atoms with Gasteiger partial charge in [0.15, 0.2) is 10.6 Å². The first-order valence-electron chi connectivity index (χ1n) is 9.26. The second kappa shape index (κ2) is 7.97. The maximum absolute atomic E-state index is 12.0. The largest absolute Gasteiger partial charge is 0.380 e. The fourth-order valence-electron chi connectivity index (χ4n) is 3.45. The van der Waals surface area contributed by atoms with E-state index in [0.717, 1.165) is 39.5 Å². The van der Waals surface area contributed by atoms with Crippen LogP contribution in [0.25, 0.3) is 5.69 Å². The smallest absolute Gasteiger partial charge is 0.199 e. The summed E-state index contributed by atoms with van der Waals surface area (Å²) in [5, 5.41) is 10.8. The topological polar surface area (TPSA) is 75.1 Å². The first-order valence-corrected chi connectivity index (χ1v) is 10.5. The molecule has 2 aliphatic rings. The van der Waals surface area contributed by atoms with E-state index in [0.29, 0.717) is 24.0 Å². The van der Waals surface area contributed by atoms with Gasteiger partial charge in [-0.05, 0) is 42.9 Å². The fraction of sp³-hybridized carbons (Fsp3) is 0.300. The van der Waals surface area contributed by atoms with Crippen molar-refractivity contribution in [1.29, 1.82) is 0 Å². The summed E-state index contributed by atoms with van der Waals surface area (Å²) in [6.45, 7) is 2.63. The highest BCUT2D eigenvalue weighted by atomic mass is 79.9. The van der Waals surface area contributed by atoms with E-state index < -0.39 is 0 Å². The van der Waals surface area contributed by atoms with Crippen LogP contribution in [-0.2, 0) is 4.79 Å². The molecule has 0 radical (unpaired) electrons. The minimum atomic E-state index is -0.266. The molecule has 3 heterocycles. The summed E-state index contributed by atoms with van der Waals surface area (Å²) in [7, 11) is 0. The monoisotopic (exact) mass is 457 g/mol. The zero-order valence-corrected chi connectivity index (χ0v) is 17.8. The van der Waals surface area contributed by atoms with Crippen molar-refractivity contribution in [3.05, 3.63) is 62.8 Å². The first kappa shape index (κ1) is 19.0. The number of aromatic amines is 1. The van der Waals surface area contributed by atoms with Gasteiger partial charge in [0.05, 0.1) is 17.1 Å². The number of nitrogens with one attached hydrogen (secondary N) is 2. The minimum absolute atomic E-state index is 0.222. The number of allylic oxidation sites excluding steroid dienone is 3. The Hall–Kier alpha value is -2.32. The van der Waals surface area contributed by atoms with Gasteiger partial charge in [0, 0.05) is 29.4 Å². The van der Waals surface area contributed by atoms with Crippen molar-refractivity contribution < 1.29 is 4.79 Å². The molecule has 0 bridgehead atoms. The van der Waals surface area contributed by atoms with Crippen LogP contribution in [0.4, 0.5) is 0 Å². The number of nitrogens with zero attached hydrogens (tertiary/aromatic N) is 3. The molecule has 0 saturated heterocycles. The number of aliphatic imine (C=N–C) groups is 1. The van der Waals surface area contributed by atoms with Crippen molar-refractivity contribution in [2.75, 3.05) is 6.54 Å². The second-order valence-electron chi connectivity index (χ2n) is 6.70. The third-order valence-corrected chi connectivity index (χ3v) is 5.66. The summed E-state index contributed by atoms with van der Waals surface area (Å²) < 4.78 is 3.42. The van der Waals surface area contributed by atoms with Gasteiger partial charge >= 0.3 is 0 Å². The van der Waals surface area contributed by atoms with E-state index >= 15 is 0 Å². The third kappa shape index (κ3) is 3.54. The van der Waals surface area contributed by atoms with Crippen LogP contribution < -0.4 is 5.32 Å². The Kier molecular flexibility index (Phi) is 5.41. The molecule has 2 aromatic rings. The number of hydrogen-bond donors (Lipinski definition) is 2. The van der Waals surface area contributed by atoms with Crippen molar-refractivity contribution in [2.24, 2.45) is 4.99 Å². The molecular weight excluding hydrogens is 438 g/mol. The molecule has 6 nitrogen and oxygen atoms in total.